The monoisotopic (exact) mass is 501 g/mol. The zero-order chi connectivity index (χ0) is 22.8. The van der Waals surface area contributed by atoms with E-state index in [4.69, 9.17) is 45.1 Å². The number of fused-ring (bicyclic) bond motifs is 1. The average molecular weight is 502 g/mol. The standard InChI is InChI=1S/C23H17Cl2N3O2S2/c1-12-9-13(22-26-18-5-3-4-6-19(18)32-22)7-8-17(12)27-23(31)28-21(29)14-10-15(24)20(30-2)16(25)11-14/h3-11H,1-2H3,(H2,27,28,29,31). The van der Waals surface area contributed by atoms with E-state index < -0.39 is 5.91 Å². The highest BCUT2D eigenvalue weighted by Crippen LogP contribution is 2.34. The van der Waals surface area contributed by atoms with Gasteiger partial charge in [-0.25, -0.2) is 4.98 Å². The number of carbonyl (C=O) groups excluding carboxylic acids is 1. The lowest BCUT2D eigenvalue weighted by molar-refractivity contribution is 0.0977. The molecule has 2 N–H and O–H groups in total. The van der Waals surface area contributed by atoms with Crippen LogP contribution in [0.15, 0.2) is 54.6 Å². The van der Waals surface area contributed by atoms with Crippen molar-refractivity contribution in [1.29, 1.82) is 0 Å². The average Bonchev–Trinajstić information content (AvgIpc) is 3.19. The fraction of sp³-hybridized carbons (Fsp3) is 0.0870. The predicted molar refractivity (Wildman–Crippen MR) is 136 cm³/mol. The van der Waals surface area contributed by atoms with Crippen LogP contribution in [0.4, 0.5) is 5.69 Å². The topological polar surface area (TPSA) is 63.2 Å². The third kappa shape index (κ3) is 4.71. The first-order chi connectivity index (χ1) is 15.4. The summed E-state index contributed by atoms with van der Waals surface area (Å²) in [6, 6.07) is 16.9. The normalized spacial score (nSPS) is 10.8. The van der Waals surface area contributed by atoms with Gasteiger partial charge in [0.05, 0.1) is 27.4 Å². The van der Waals surface area contributed by atoms with Gasteiger partial charge in [-0.05, 0) is 67.2 Å². The number of thiazole rings is 1. The van der Waals surface area contributed by atoms with Gasteiger partial charge in [0.1, 0.15) is 5.01 Å². The molecule has 9 heteroatoms. The number of benzene rings is 3. The maximum atomic E-state index is 12.6. The van der Waals surface area contributed by atoms with Crippen molar-refractivity contribution < 1.29 is 9.53 Å². The fourth-order valence-electron chi connectivity index (χ4n) is 3.15. The van der Waals surface area contributed by atoms with Crippen molar-refractivity contribution in [3.63, 3.8) is 0 Å². The molecule has 162 valence electrons. The highest BCUT2D eigenvalue weighted by Gasteiger charge is 2.15. The van der Waals surface area contributed by atoms with Crippen molar-refractivity contribution in [2.75, 3.05) is 12.4 Å². The molecule has 1 amide bonds. The van der Waals surface area contributed by atoms with Crippen LogP contribution in [0.25, 0.3) is 20.8 Å². The van der Waals surface area contributed by atoms with Crippen LogP contribution in [-0.2, 0) is 0 Å². The van der Waals surface area contributed by atoms with E-state index in [9.17, 15) is 4.79 Å². The van der Waals surface area contributed by atoms with Crippen LogP contribution in [0, 0.1) is 6.92 Å². The van der Waals surface area contributed by atoms with Crippen molar-refractivity contribution >= 4 is 73.7 Å². The summed E-state index contributed by atoms with van der Waals surface area (Å²) in [5.41, 5.74) is 4.02. The smallest absolute Gasteiger partial charge is 0.257 e. The van der Waals surface area contributed by atoms with E-state index in [2.05, 4.69) is 16.7 Å². The van der Waals surface area contributed by atoms with Crippen LogP contribution in [0.3, 0.4) is 0 Å². The van der Waals surface area contributed by atoms with E-state index in [0.717, 1.165) is 32.0 Å². The Hall–Kier alpha value is -2.71. The molecule has 0 aliphatic rings. The molecule has 0 aliphatic heterocycles. The second-order valence-corrected chi connectivity index (χ2v) is 9.15. The van der Waals surface area contributed by atoms with Gasteiger partial charge in [-0.15, -0.1) is 11.3 Å². The number of aryl methyl sites for hydroxylation is 1. The number of amides is 1. The van der Waals surface area contributed by atoms with E-state index in [1.54, 1.807) is 11.3 Å². The summed E-state index contributed by atoms with van der Waals surface area (Å²) in [7, 11) is 1.45. The van der Waals surface area contributed by atoms with Crippen LogP contribution >= 0.6 is 46.8 Å². The molecule has 4 rings (SSSR count). The second kappa shape index (κ2) is 9.42. The first-order valence-corrected chi connectivity index (χ1v) is 11.5. The molecule has 0 unspecified atom stereocenters. The first kappa shape index (κ1) is 22.5. The van der Waals surface area contributed by atoms with E-state index in [1.807, 2.05) is 43.3 Å². The fourth-order valence-corrected chi connectivity index (χ4v) is 4.95. The summed E-state index contributed by atoms with van der Waals surface area (Å²) in [5, 5.41) is 7.29. The number of ether oxygens (including phenoxy) is 1. The number of rotatable bonds is 4. The summed E-state index contributed by atoms with van der Waals surface area (Å²) in [5.74, 6) is -0.118. The van der Waals surface area contributed by atoms with Gasteiger partial charge in [-0.3, -0.25) is 10.1 Å². The SMILES string of the molecule is COc1c(Cl)cc(C(=O)NC(=S)Nc2ccc(-c3nc4ccccc4s3)cc2C)cc1Cl. The molecule has 0 bridgehead atoms. The number of nitrogens with zero attached hydrogens (tertiary/aromatic N) is 1. The Morgan fingerprint density at radius 3 is 2.47 bits per heavy atom. The molecule has 1 heterocycles. The van der Waals surface area contributed by atoms with Crippen LogP contribution < -0.4 is 15.4 Å². The van der Waals surface area contributed by atoms with Gasteiger partial charge in [0.15, 0.2) is 10.9 Å². The zero-order valence-corrected chi connectivity index (χ0v) is 20.2. The maximum absolute atomic E-state index is 12.6. The minimum Gasteiger partial charge on any atom is -0.494 e. The minimum atomic E-state index is -0.433. The molecule has 1 aromatic heterocycles. The number of halogens is 2. The summed E-state index contributed by atoms with van der Waals surface area (Å²) >= 11 is 19.2. The lowest BCUT2D eigenvalue weighted by Crippen LogP contribution is -2.34. The highest BCUT2D eigenvalue weighted by atomic mass is 35.5. The highest BCUT2D eigenvalue weighted by molar-refractivity contribution is 7.80. The third-order valence-electron chi connectivity index (χ3n) is 4.71. The molecule has 4 aromatic rings. The summed E-state index contributed by atoms with van der Waals surface area (Å²) in [6.45, 7) is 1.96. The molecule has 0 atom stereocenters. The van der Waals surface area contributed by atoms with Crippen molar-refractivity contribution in [3.8, 4) is 16.3 Å². The molecule has 0 aliphatic carbocycles. The lowest BCUT2D eigenvalue weighted by Gasteiger charge is -2.13. The summed E-state index contributed by atoms with van der Waals surface area (Å²) < 4.78 is 6.25. The molecule has 0 saturated carbocycles. The van der Waals surface area contributed by atoms with E-state index >= 15 is 0 Å². The molecule has 0 saturated heterocycles. The Morgan fingerprint density at radius 2 is 1.81 bits per heavy atom. The van der Waals surface area contributed by atoms with Gasteiger partial charge in [-0.2, -0.15) is 0 Å². The Labute approximate surface area is 204 Å². The number of methoxy groups -OCH3 is 1. The maximum Gasteiger partial charge on any atom is 0.257 e. The number of thiocarbonyl (C=S) groups is 1. The molecular weight excluding hydrogens is 485 g/mol. The number of hydrogen-bond donors (Lipinski definition) is 2. The van der Waals surface area contributed by atoms with Crippen LogP contribution in [0.5, 0.6) is 5.75 Å². The minimum absolute atomic E-state index is 0.161. The molecule has 0 radical (unpaired) electrons. The van der Waals surface area contributed by atoms with E-state index in [0.29, 0.717) is 5.75 Å². The molecular formula is C23H17Cl2N3O2S2. The van der Waals surface area contributed by atoms with Crippen LogP contribution in [-0.4, -0.2) is 23.1 Å². The lowest BCUT2D eigenvalue weighted by atomic mass is 10.1. The molecule has 3 aromatic carbocycles. The van der Waals surface area contributed by atoms with Gasteiger partial charge in [0.2, 0.25) is 0 Å². The number of anilines is 1. The van der Waals surface area contributed by atoms with E-state index in [1.165, 1.54) is 19.2 Å². The van der Waals surface area contributed by atoms with Gasteiger partial charge in [-0.1, -0.05) is 35.3 Å². The van der Waals surface area contributed by atoms with E-state index in [-0.39, 0.29) is 20.7 Å². The number of nitrogens with one attached hydrogen (secondary N) is 2. The summed E-state index contributed by atoms with van der Waals surface area (Å²) in [4.78, 5) is 17.3. The Kier molecular flexibility index (Phi) is 6.62. The summed E-state index contributed by atoms with van der Waals surface area (Å²) in [6.07, 6.45) is 0. The molecule has 32 heavy (non-hydrogen) atoms. The number of carbonyl (C=O) groups is 1. The van der Waals surface area contributed by atoms with Crippen molar-refractivity contribution in [2.24, 2.45) is 0 Å². The molecule has 0 fully saturated rings. The molecule has 5 nitrogen and oxygen atoms in total. The number of para-hydroxylation sites is 1. The Morgan fingerprint density at radius 1 is 1.09 bits per heavy atom. The number of hydrogen-bond acceptors (Lipinski definition) is 5. The van der Waals surface area contributed by atoms with Gasteiger partial charge in [0, 0.05) is 16.8 Å². The zero-order valence-electron chi connectivity index (χ0n) is 17.0. The second-order valence-electron chi connectivity index (χ2n) is 6.90. The van der Waals surface area contributed by atoms with Gasteiger partial charge in [0.25, 0.3) is 5.91 Å². The first-order valence-electron chi connectivity index (χ1n) is 9.47. The van der Waals surface area contributed by atoms with Gasteiger partial charge >= 0.3 is 0 Å². The van der Waals surface area contributed by atoms with Crippen LogP contribution in [0.1, 0.15) is 15.9 Å². The Balaban J connectivity index is 1.47. The van der Waals surface area contributed by atoms with Crippen LogP contribution in [0.2, 0.25) is 10.0 Å². The van der Waals surface area contributed by atoms with Crippen molar-refractivity contribution in [3.05, 3.63) is 75.8 Å². The van der Waals surface area contributed by atoms with Crippen molar-refractivity contribution in [2.45, 2.75) is 6.92 Å². The number of aromatic nitrogens is 1. The van der Waals surface area contributed by atoms with Gasteiger partial charge < -0.3 is 10.1 Å². The molecule has 0 spiro atoms. The van der Waals surface area contributed by atoms with Crippen molar-refractivity contribution in [1.82, 2.24) is 10.3 Å². The third-order valence-corrected chi connectivity index (χ3v) is 6.56. The predicted octanol–water partition coefficient (Wildman–Crippen LogP) is 6.71. The quantitative estimate of drug-likeness (QED) is 0.304. The Bertz CT molecular complexity index is 1300. The largest absolute Gasteiger partial charge is 0.494 e.